The fourth-order valence-electron chi connectivity index (χ4n) is 2.92. The van der Waals surface area contributed by atoms with E-state index < -0.39 is 10.0 Å². The first-order chi connectivity index (χ1) is 10.4. The van der Waals surface area contributed by atoms with Gasteiger partial charge in [-0.05, 0) is 50.8 Å². The van der Waals surface area contributed by atoms with Gasteiger partial charge in [0.25, 0.3) is 0 Å². The van der Waals surface area contributed by atoms with Crippen LogP contribution in [0.25, 0.3) is 0 Å². The van der Waals surface area contributed by atoms with E-state index >= 15 is 0 Å². The van der Waals surface area contributed by atoms with Crippen LogP contribution in [0.1, 0.15) is 36.5 Å². The van der Waals surface area contributed by atoms with Crippen LogP contribution in [0.5, 0.6) is 0 Å². The summed E-state index contributed by atoms with van der Waals surface area (Å²) in [5.74, 6) is 0.762. The molecule has 1 aromatic rings. The SMILES string of the molecule is CC(=O)c1ccc(S(=O)(=O)NC2CCN(CC3CC3)C2)cc1. The molecule has 2 fully saturated rings. The van der Waals surface area contributed by atoms with Crippen molar-refractivity contribution in [3.8, 4) is 0 Å². The van der Waals surface area contributed by atoms with Gasteiger partial charge in [-0.15, -0.1) is 0 Å². The number of hydrogen-bond donors (Lipinski definition) is 1. The summed E-state index contributed by atoms with van der Waals surface area (Å²) < 4.78 is 27.6. The number of hydrogen-bond acceptors (Lipinski definition) is 4. The predicted octanol–water partition coefficient (Wildman–Crippen LogP) is 1.65. The van der Waals surface area contributed by atoms with Crippen molar-refractivity contribution in [3.63, 3.8) is 0 Å². The second-order valence-electron chi connectivity index (χ2n) is 6.39. The Bertz CT molecular complexity index is 650. The van der Waals surface area contributed by atoms with Crippen LogP contribution in [-0.4, -0.2) is 44.8 Å². The third-order valence-corrected chi connectivity index (χ3v) is 5.92. The van der Waals surface area contributed by atoms with Crippen molar-refractivity contribution in [2.24, 2.45) is 5.92 Å². The molecule has 0 radical (unpaired) electrons. The lowest BCUT2D eigenvalue weighted by Gasteiger charge is -2.16. The lowest BCUT2D eigenvalue weighted by molar-refractivity contribution is 0.101. The number of nitrogens with one attached hydrogen (secondary N) is 1. The highest BCUT2D eigenvalue weighted by molar-refractivity contribution is 7.89. The highest BCUT2D eigenvalue weighted by Crippen LogP contribution is 2.30. The highest BCUT2D eigenvalue weighted by atomic mass is 32.2. The first-order valence-corrected chi connectivity index (χ1v) is 9.28. The van der Waals surface area contributed by atoms with Crippen LogP contribution in [0.3, 0.4) is 0 Å². The molecule has 1 atom stereocenters. The summed E-state index contributed by atoms with van der Waals surface area (Å²) in [6.45, 7) is 4.33. The van der Waals surface area contributed by atoms with Crippen LogP contribution in [-0.2, 0) is 10.0 Å². The molecule has 0 amide bonds. The van der Waals surface area contributed by atoms with Gasteiger partial charge in [0.15, 0.2) is 5.78 Å². The minimum atomic E-state index is -3.51. The van der Waals surface area contributed by atoms with Crippen LogP contribution in [0.2, 0.25) is 0 Å². The predicted molar refractivity (Wildman–Crippen MR) is 84.3 cm³/mol. The van der Waals surface area contributed by atoms with E-state index in [1.165, 1.54) is 31.9 Å². The molecule has 5 nitrogen and oxygen atoms in total. The zero-order valence-corrected chi connectivity index (χ0v) is 13.6. The van der Waals surface area contributed by atoms with Gasteiger partial charge in [-0.3, -0.25) is 4.79 Å². The van der Waals surface area contributed by atoms with E-state index in [4.69, 9.17) is 0 Å². The summed E-state index contributed by atoms with van der Waals surface area (Å²) in [7, 11) is -3.51. The average molecular weight is 322 g/mol. The number of carbonyl (C=O) groups is 1. The summed E-state index contributed by atoms with van der Waals surface area (Å²) >= 11 is 0. The molecule has 6 heteroatoms. The van der Waals surface area contributed by atoms with E-state index in [0.717, 1.165) is 32.0 Å². The molecule has 1 unspecified atom stereocenters. The van der Waals surface area contributed by atoms with E-state index in [1.807, 2.05) is 0 Å². The maximum Gasteiger partial charge on any atom is 0.240 e. The van der Waals surface area contributed by atoms with Crippen molar-refractivity contribution in [3.05, 3.63) is 29.8 Å². The number of ketones is 1. The first kappa shape index (κ1) is 15.6. The smallest absolute Gasteiger partial charge is 0.240 e. The third-order valence-electron chi connectivity index (χ3n) is 4.38. The molecular weight excluding hydrogens is 300 g/mol. The number of sulfonamides is 1. The van der Waals surface area contributed by atoms with Gasteiger partial charge in [-0.1, -0.05) is 12.1 Å². The normalized spacial score (nSPS) is 22.9. The molecule has 1 N–H and O–H groups in total. The van der Waals surface area contributed by atoms with Gasteiger partial charge in [0.2, 0.25) is 10.0 Å². The number of carbonyl (C=O) groups excluding carboxylic acids is 1. The van der Waals surface area contributed by atoms with Crippen molar-refractivity contribution in [1.29, 1.82) is 0 Å². The maximum absolute atomic E-state index is 12.4. The maximum atomic E-state index is 12.4. The van der Waals surface area contributed by atoms with Gasteiger partial charge in [0, 0.05) is 24.7 Å². The topological polar surface area (TPSA) is 66.5 Å². The van der Waals surface area contributed by atoms with Gasteiger partial charge >= 0.3 is 0 Å². The van der Waals surface area contributed by atoms with Crippen LogP contribution >= 0.6 is 0 Å². The Hall–Kier alpha value is -1.24. The Kier molecular flexibility index (Phi) is 4.34. The molecule has 1 aliphatic carbocycles. The molecule has 2 aliphatic rings. The van der Waals surface area contributed by atoms with E-state index in [9.17, 15) is 13.2 Å². The van der Waals surface area contributed by atoms with E-state index in [1.54, 1.807) is 12.1 Å². The van der Waals surface area contributed by atoms with E-state index in [-0.39, 0.29) is 16.7 Å². The van der Waals surface area contributed by atoms with E-state index in [2.05, 4.69) is 9.62 Å². The van der Waals surface area contributed by atoms with Gasteiger partial charge in [-0.25, -0.2) is 13.1 Å². The fraction of sp³-hybridized carbons (Fsp3) is 0.562. The minimum absolute atomic E-state index is 0.0174. The zero-order chi connectivity index (χ0) is 15.7. The largest absolute Gasteiger partial charge is 0.301 e. The number of rotatable bonds is 6. The minimum Gasteiger partial charge on any atom is -0.301 e. The Balaban J connectivity index is 1.61. The second-order valence-corrected chi connectivity index (χ2v) is 8.10. The van der Waals surface area contributed by atoms with E-state index in [0.29, 0.717) is 5.56 Å². The molecule has 0 spiro atoms. The molecule has 1 saturated heterocycles. The zero-order valence-electron chi connectivity index (χ0n) is 12.8. The Morgan fingerprint density at radius 1 is 1.23 bits per heavy atom. The standard InChI is InChI=1S/C16H22N2O3S/c1-12(19)14-4-6-16(7-5-14)22(20,21)17-15-8-9-18(11-15)10-13-2-3-13/h4-7,13,15,17H,2-3,8-11H2,1H3. The highest BCUT2D eigenvalue weighted by Gasteiger charge is 2.31. The monoisotopic (exact) mass is 322 g/mol. The number of likely N-dealkylation sites (tertiary alicyclic amines) is 1. The molecule has 1 heterocycles. The van der Waals surface area contributed by atoms with Crippen LogP contribution < -0.4 is 4.72 Å². The van der Waals surface area contributed by atoms with Crippen molar-refractivity contribution < 1.29 is 13.2 Å². The summed E-state index contributed by atoms with van der Waals surface area (Å²) in [6, 6.07) is 6.10. The lowest BCUT2D eigenvalue weighted by atomic mass is 10.2. The molecule has 3 rings (SSSR count). The van der Waals surface area contributed by atoms with Crippen molar-refractivity contribution in [2.75, 3.05) is 19.6 Å². The third kappa shape index (κ3) is 3.74. The molecule has 0 aromatic heterocycles. The lowest BCUT2D eigenvalue weighted by Crippen LogP contribution is -2.37. The average Bonchev–Trinajstić information content (AvgIpc) is 3.18. The molecule has 0 bridgehead atoms. The van der Waals surface area contributed by atoms with Crippen molar-refractivity contribution in [2.45, 2.75) is 37.1 Å². The fourth-order valence-corrected chi connectivity index (χ4v) is 4.18. The van der Waals surface area contributed by atoms with Gasteiger partial charge in [-0.2, -0.15) is 0 Å². The molecule has 1 aliphatic heterocycles. The summed E-state index contributed by atoms with van der Waals surface area (Å²) in [5.41, 5.74) is 0.524. The van der Waals surface area contributed by atoms with Crippen LogP contribution in [0, 0.1) is 5.92 Å². The second kappa shape index (κ2) is 6.10. The quantitative estimate of drug-likeness (QED) is 0.809. The number of Topliss-reactive ketones (excluding diaryl/α,β-unsaturated/α-hetero) is 1. The number of nitrogens with zero attached hydrogens (tertiary/aromatic N) is 1. The Morgan fingerprint density at radius 3 is 2.50 bits per heavy atom. The van der Waals surface area contributed by atoms with Gasteiger partial charge in [0.1, 0.15) is 0 Å². The molecule has 120 valence electrons. The summed E-state index contributed by atoms with van der Waals surface area (Å²) in [6.07, 6.45) is 3.49. The van der Waals surface area contributed by atoms with Gasteiger partial charge in [0.05, 0.1) is 4.90 Å². The molecule has 1 saturated carbocycles. The summed E-state index contributed by atoms with van der Waals surface area (Å²) in [5, 5.41) is 0. The van der Waals surface area contributed by atoms with Crippen molar-refractivity contribution in [1.82, 2.24) is 9.62 Å². The Morgan fingerprint density at radius 2 is 1.91 bits per heavy atom. The molecular formula is C16H22N2O3S. The van der Waals surface area contributed by atoms with Crippen LogP contribution in [0.4, 0.5) is 0 Å². The Labute approximate surface area is 131 Å². The molecule has 22 heavy (non-hydrogen) atoms. The number of benzene rings is 1. The van der Waals surface area contributed by atoms with Crippen molar-refractivity contribution >= 4 is 15.8 Å². The summed E-state index contributed by atoms with van der Waals surface area (Å²) in [4.78, 5) is 13.8. The first-order valence-electron chi connectivity index (χ1n) is 7.80. The molecule has 1 aromatic carbocycles. The van der Waals surface area contributed by atoms with Crippen LogP contribution in [0.15, 0.2) is 29.2 Å². The van der Waals surface area contributed by atoms with Gasteiger partial charge < -0.3 is 4.90 Å².